The lowest BCUT2D eigenvalue weighted by Crippen LogP contribution is -2.23. The number of carbonyl (C=O) groups is 1. The predicted molar refractivity (Wildman–Crippen MR) is 76.9 cm³/mol. The molecule has 0 bridgehead atoms. The van der Waals surface area contributed by atoms with E-state index in [0.717, 1.165) is 0 Å². The third-order valence-electron chi connectivity index (χ3n) is 2.41. The normalized spacial score (nSPS) is 11.2. The minimum absolute atomic E-state index is 0.141. The highest BCUT2D eigenvalue weighted by atomic mass is 32.2. The standard InChI is InChI=1S/C12H13N3O3S2/c1-9(16)15-10-2-4-12(5-3-10)20(17,18)14-6-11-7-19-8-13-11/h2-5,7-8,14H,6H2,1H3,(H,15,16). The highest BCUT2D eigenvalue weighted by Gasteiger charge is 2.14. The van der Waals surface area contributed by atoms with Crippen LogP contribution in [-0.2, 0) is 21.4 Å². The van der Waals surface area contributed by atoms with Crippen molar-refractivity contribution >= 4 is 33.0 Å². The van der Waals surface area contributed by atoms with Gasteiger partial charge in [0.25, 0.3) is 0 Å². The molecule has 2 aromatic rings. The Kier molecular flexibility index (Phi) is 4.48. The average Bonchev–Trinajstić information content (AvgIpc) is 2.89. The Morgan fingerprint density at radius 1 is 1.30 bits per heavy atom. The summed E-state index contributed by atoms with van der Waals surface area (Å²) in [5.74, 6) is -0.206. The van der Waals surface area contributed by atoms with Gasteiger partial charge in [0, 0.05) is 18.0 Å². The van der Waals surface area contributed by atoms with Crippen molar-refractivity contribution < 1.29 is 13.2 Å². The maximum absolute atomic E-state index is 12.0. The van der Waals surface area contributed by atoms with Gasteiger partial charge in [0.15, 0.2) is 0 Å². The SMILES string of the molecule is CC(=O)Nc1ccc(S(=O)(=O)NCc2cscn2)cc1. The molecule has 8 heteroatoms. The van der Waals surface area contributed by atoms with E-state index in [1.165, 1.54) is 30.4 Å². The van der Waals surface area contributed by atoms with Gasteiger partial charge in [-0.2, -0.15) is 0 Å². The summed E-state index contributed by atoms with van der Waals surface area (Å²) in [6.07, 6.45) is 0. The molecular formula is C12H13N3O3S2. The number of sulfonamides is 1. The summed E-state index contributed by atoms with van der Waals surface area (Å²) in [6, 6.07) is 5.96. The fourth-order valence-electron chi connectivity index (χ4n) is 1.50. The molecule has 0 unspecified atom stereocenters. The van der Waals surface area contributed by atoms with Crippen LogP contribution in [0.25, 0.3) is 0 Å². The first-order valence-corrected chi connectivity index (χ1v) is 8.14. The molecule has 1 amide bonds. The second-order valence-corrected chi connectivity index (χ2v) is 6.50. The van der Waals surface area contributed by atoms with Gasteiger partial charge in [-0.15, -0.1) is 11.3 Å². The zero-order valence-corrected chi connectivity index (χ0v) is 12.3. The first-order valence-electron chi connectivity index (χ1n) is 5.72. The van der Waals surface area contributed by atoms with Crippen molar-refractivity contribution in [3.8, 4) is 0 Å². The Morgan fingerprint density at radius 2 is 2.00 bits per heavy atom. The molecule has 1 aromatic heterocycles. The van der Waals surface area contributed by atoms with Gasteiger partial charge in [0.2, 0.25) is 15.9 Å². The lowest BCUT2D eigenvalue weighted by atomic mass is 10.3. The minimum atomic E-state index is -3.58. The van der Waals surface area contributed by atoms with Crippen LogP contribution in [-0.4, -0.2) is 19.3 Å². The monoisotopic (exact) mass is 311 g/mol. The third-order valence-corrected chi connectivity index (χ3v) is 4.46. The maximum atomic E-state index is 12.0. The topological polar surface area (TPSA) is 88.2 Å². The third kappa shape index (κ3) is 3.86. The molecule has 20 heavy (non-hydrogen) atoms. The Bertz CT molecular complexity index is 679. The lowest BCUT2D eigenvalue weighted by Gasteiger charge is -2.07. The molecule has 2 rings (SSSR count). The molecule has 106 valence electrons. The Morgan fingerprint density at radius 3 is 2.55 bits per heavy atom. The van der Waals surface area contributed by atoms with Crippen LogP contribution in [0.15, 0.2) is 40.1 Å². The summed E-state index contributed by atoms with van der Waals surface area (Å²) in [5.41, 5.74) is 2.87. The van der Waals surface area contributed by atoms with Crippen LogP contribution in [0, 0.1) is 0 Å². The first-order chi connectivity index (χ1) is 9.47. The maximum Gasteiger partial charge on any atom is 0.240 e. The molecule has 6 nitrogen and oxygen atoms in total. The van der Waals surface area contributed by atoms with Crippen LogP contribution >= 0.6 is 11.3 Å². The second-order valence-electron chi connectivity index (χ2n) is 4.01. The largest absolute Gasteiger partial charge is 0.326 e. The smallest absolute Gasteiger partial charge is 0.240 e. The second kappa shape index (κ2) is 6.12. The van der Waals surface area contributed by atoms with Crippen molar-refractivity contribution in [2.75, 3.05) is 5.32 Å². The summed E-state index contributed by atoms with van der Waals surface area (Å²) >= 11 is 1.41. The highest BCUT2D eigenvalue weighted by molar-refractivity contribution is 7.89. The summed E-state index contributed by atoms with van der Waals surface area (Å²) in [6.45, 7) is 1.54. The van der Waals surface area contributed by atoms with Gasteiger partial charge in [-0.1, -0.05) is 0 Å². The van der Waals surface area contributed by atoms with E-state index in [1.807, 2.05) is 0 Å². The molecule has 0 saturated carbocycles. The molecule has 0 radical (unpaired) electrons. The molecule has 0 aliphatic rings. The number of carbonyl (C=O) groups excluding carboxylic acids is 1. The number of amides is 1. The van der Waals surface area contributed by atoms with Crippen LogP contribution < -0.4 is 10.0 Å². The van der Waals surface area contributed by atoms with Crippen LogP contribution in [0.2, 0.25) is 0 Å². The van der Waals surface area contributed by atoms with Gasteiger partial charge in [-0.05, 0) is 24.3 Å². The van der Waals surface area contributed by atoms with E-state index in [1.54, 1.807) is 23.0 Å². The zero-order chi connectivity index (χ0) is 14.6. The number of benzene rings is 1. The highest BCUT2D eigenvalue weighted by Crippen LogP contribution is 2.14. The lowest BCUT2D eigenvalue weighted by molar-refractivity contribution is -0.114. The molecule has 2 N–H and O–H groups in total. The minimum Gasteiger partial charge on any atom is -0.326 e. The summed E-state index contributed by atoms with van der Waals surface area (Å²) in [5, 5.41) is 4.36. The van der Waals surface area contributed by atoms with Crippen LogP contribution in [0.5, 0.6) is 0 Å². The van der Waals surface area contributed by atoms with Gasteiger partial charge in [0.1, 0.15) is 0 Å². The molecule has 0 aliphatic carbocycles. The number of thiazole rings is 1. The fraction of sp³-hybridized carbons (Fsp3) is 0.167. The molecule has 0 aliphatic heterocycles. The number of anilines is 1. The van der Waals surface area contributed by atoms with E-state index in [4.69, 9.17) is 0 Å². The van der Waals surface area contributed by atoms with E-state index < -0.39 is 10.0 Å². The van der Waals surface area contributed by atoms with E-state index in [-0.39, 0.29) is 17.3 Å². The molecule has 1 heterocycles. The quantitative estimate of drug-likeness (QED) is 0.877. The van der Waals surface area contributed by atoms with Gasteiger partial charge < -0.3 is 5.32 Å². The van der Waals surface area contributed by atoms with Gasteiger partial charge in [0.05, 0.1) is 22.6 Å². The molecule has 0 spiro atoms. The van der Waals surface area contributed by atoms with Crippen molar-refractivity contribution in [2.45, 2.75) is 18.4 Å². The van der Waals surface area contributed by atoms with Gasteiger partial charge in [-0.3, -0.25) is 4.79 Å². The van der Waals surface area contributed by atoms with Crippen molar-refractivity contribution in [2.24, 2.45) is 0 Å². The van der Waals surface area contributed by atoms with Gasteiger partial charge >= 0.3 is 0 Å². The molecule has 0 saturated heterocycles. The Labute approximate surface area is 120 Å². The number of hydrogen-bond acceptors (Lipinski definition) is 5. The fourth-order valence-corrected chi connectivity index (χ4v) is 3.06. The number of hydrogen-bond donors (Lipinski definition) is 2. The van der Waals surface area contributed by atoms with E-state index in [9.17, 15) is 13.2 Å². The molecule has 0 atom stereocenters. The van der Waals surface area contributed by atoms with Crippen molar-refractivity contribution in [3.63, 3.8) is 0 Å². The molecule has 1 aromatic carbocycles. The number of rotatable bonds is 5. The first kappa shape index (κ1) is 14.6. The number of nitrogens with zero attached hydrogens (tertiary/aromatic N) is 1. The number of nitrogens with one attached hydrogen (secondary N) is 2. The molecule has 0 fully saturated rings. The van der Waals surface area contributed by atoms with Crippen LogP contribution in [0.3, 0.4) is 0 Å². The zero-order valence-electron chi connectivity index (χ0n) is 10.7. The van der Waals surface area contributed by atoms with Crippen molar-refractivity contribution in [1.82, 2.24) is 9.71 Å². The average molecular weight is 311 g/mol. The van der Waals surface area contributed by atoms with Crippen LogP contribution in [0.4, 0.5) is 5.69 Å². The van der Waals surface area contributed by atoms with Crippen molar-refractivity contribution in [3.05, 3.63) is 40.8 Å². The van der Waals surface area contributed by atoms with Crippen molar-refractivity contribution in [1.29, 1.82) is 0 Å². The van der Waals surface area contributed by atoms with Crippen LogP contribution in [0.1, 0.15) is 12.6 Å². The Balaban J connectivity index is 2.07. The Hall–Kier alpha value is -1.77. The van der Waals surface area contributed by atoms with Gasteiger partial charge in [-0.25, -0.2) is 18.1 Å². The number of aromatic nitrogens is 1. The molecular weight excluding hydrogens is 298 g/mol. The van der Waals surface area contributed by atoms with E-state index in [2.05, 4.69) is 15.0 Å². The van der Waals surface area contributed by atoms with E-state index >= 15 is 0 Å². The van der Waals surface area contributed by atoms with E-state index in [0.29, 0.717) is 11.4 Å². The summed E-state index contributed by atoms with van der Waals surface area (Å²) < 4.78 is 26.5. The predicted octanol–water partition coefficient (Wildman–Crippen LogP) is 1.58. The summed E-state index contributed by atoms with van der Waals surface area (Å²) in [4.78, 5) is 15.0. The summed E-state index contributed by atoms with van der Waals surface area (Å²) in [7, 11) is -3.58.